The number of halogens is 1. The number of nitrogens with one attached hydrogen (secondary N) is 1. The van der Waals surface area contributed by atoms with Gasteiger partial charge in [0, 0.05) is 45.5 Å². The van der Waals surface area contributed by atoms with Gasteiger partial charge in [-0.25, -0.2) is 0 Å². The predicted octanol–water partition coefficient (Wildman–Crippen LogP) is 2.89. The van der Waals surface area contributed by atoms with Crippen molar-refractivity contribution in [2.24, 2.45) is 18.0 Å². The highest BCUT2D eigenvalue weighted by Gasteiger charge is 2.27. The second kappa shape index (κ2) is 11.9. The largest absolute Gasteiger partial charge is 0.493 e. The fourth-order valence-electron chi connectivity index (χ4n) is 3.38. The van der Waals surface area contributed by atoms with E-state index in [4.69, 9.17) is 4.74 Å². The number of rotatable bonds is 7. The van der Waals surface area contributed by atoms with E-state index < -0.39 is 0 Å². The van der Waals surface area contributed by atoms with Crippen molar-refractivity contribution >= 4 is 41.5 Å². The van der Waals surface area contributed by atoms with Crippen molar-refractivity contribution in [2.75, 3.05) is 38.2 Å². The van der Waals surface area contributed by atoms with Crippen LogP contribution in [0, 0.1) is 5.92 Å². The van der Waals surface area contributed by atoms with Gasteiger partial charge in [-0.05, 0) is 18.4 Å². The fourth-order valence-corrected chi connectivity index (χ4v) is 3.38. The lowest BCUT2D eigenvalue weighted by atomic mass is 10.1. The Kier molecular flexibility index (Phi) is 9.60. The zero-order valence-corrected chi connectivity index (χ0v) is 21.1. The standard InChI is InChI=1S/C22H32N6O2.HI/c1-17(2)9-12-30-20-8-6-5-7-18(20)13-24-22(23-3)27-10-11-28(21(29)16-27)19-14-25-26(4)15-19;/h5-8,14-15,17H,9-13,16H2,1-4H3,(H,23,24);1H. The fraction of sp³-hybridized carbons (Fsp3) is 0.500. The molecule has 0 atom stereocenters. The third-order valence-electron chi connectivity index (χ3n) is 5.10. The maximum absolute atomic E-state index is 12.7. The molecule has 1 aliphatic heterocycles. The van der Waals surface area contributed by atoms with Crippen LogP contribution >= 0.6 is 24.0 Å². The van der Waals surface area contributed by atoms with Crippen LogP contribution in [0.2, 0.25) is 0 Å². The number of piperazine rings is 1. The average Bonchev–Trinajstić information content (AvgIpc) is 3.15. The van der Waals surface area contributed by atoms with Gasteiger partial charge in [0.2, 0.25) is 5.91 Å². The molecule has 0 radical (unpaired) electrons. The maximum Gasteiger partial charge on any atom is 0.246 e. The van der Waals surface area contributed by atoms with E-state index in [1.165, 1.54) is 0 Å². The van der Waals surface area contributed by atoms with E-state index in [9.17, 15) is 4.79 Å². The summed E-state index contributed by atoms with van der Waals surface area (Å²) in [7, 11) is 3.59. The van der Waals surface area contributed by atoms with Gasteiger partial charge in [-0.1, -0.05) is 32.0 Å². The zero-order valence-electron chi connectivity index (χ0n) is 18.7. The van der Waals surface area contributed by atoms with E-state index in [1.807, 2.05) is 36.3 Å². The molecule has 1 aromatic heterocycles. The number of guanidine groups is 1. The summed E-state index contributed by atoms with van der Waals surface area (Å²) in [5.41, 5.74) is 1.90. The molecule has 0 spiro atoms. The van der Waals surface area contributed by atoms with Crippen molar-refractivity contribution in [3.63, 3.8) is 0 Å². The number of aliphatic imine (C=N–C) groups is 1. The molecule has 1 aromatic carbocycles. The number of ether oxygens (including phenoxy) is 1. The molecule has 1 aliphatic rings. The molecule has 0 unspecified atom stereocenters. The quantitative estimate of drug-likeness (QED) is 0.332. The first-order chi connectivity index (χ1) is 14.5. The minimum absolute atomic E-state index is 0. The third-order valence-corrected chi connectivity index (χ3v) is 5.10. The molecule has 8 nitrogen and oxygen atoms in total. The summed E-state index contributed by atoms with van der Waals surface area (Å²) in [6, 6.07) is 8.04. The van der Waals surface area contributed by atoms with Crippen molar-refractivity contribution in [2.45, 2.75) is 26.8 Å². The number of carbonyl (C=O) groups is 1. The first kappa shape index (κ1) is 25.0. The molecule has 2 heterocycles. The summed E-state index contributed by atoms with van der Waals surface area (Å²) < 4.78 is 7.68. The van der Waals surface area contributed by atoms with Gasteiger partial charge in [-0.3, -0.25) is 14.5 Å². The van der Waals surface area contributed by atoms with E-state index >= 15 is 0 Å². The van der Waals surface area contributed by atoms with Gasteiger partial charge < -0.3 is 19.9 Å². The molecule has 1 fully saturated rings. The lowest BCUT2D eigenvalue weighted by Crippen LogP contribution is -2.55. The van der Waals surface area contributed by atoms with E-state index in [1.54, 1.807) is 22.8 Å². The summed E-state index contributed by atoms with van der Waals surface area (Å²) in [4.78, 5) is 20.8. The molecule has 9 heteroatoms. The number of para-hydroxylation sites is 1. The van der Waals surface area contributed by atoms with E-state index in [-0.39, 0.29) is 36.4 Å². The first-order valence-corrected chi connectivity index (χ1v) is 10.4. The number of amides is 1. The topological polar surface area (TPSA) is 75.0 Å². The summed E-state index contributed by atoms with van der Waals surface area (Å²) in [5, 5.41) is 7.54. The molecular formula is C22H33IN6O2. The van der Waals surface area contributed by atoms with Crippen LogP contribution in [0.3, 0.4) is 0 Å². The Morgan fingerprint density at radius 1 is 1.29 bits per heavy atom. The predicted molar refractivity (Wildman–Crippen MR) is 134 cm³/mol. The molecule has 0 aliphatic carbocycles. The number of aromatic nitrogens is 2. The Labute approximate surface area is 201 Å². The van der Waals surface area contributed by atoms with E-state index in [2.05, 4.69) is 35.3 Å². The minimum atomic E-state index is 0. The monoisotopic (exact) mass is 540 g/mol. The van der Waals surface area contributed by atoms with Crippen LogP contribution in [0.4, 0.5) is 5.69 Å². The Morgan fingerprint density at radius 2 is 2.06 bits per heavy atom. The molecule has 0 saturated carbocycles. The highest BCUT2D eigenvalue weighted by Crippen LogP contribution is 2.19. The second-order valence-electron chi connectivity index (χ2n) is 7.88. The normalized spacial score (nSPS) is 14.6. The molecule has 2 aromatic rings. The Bertz CT molecular complexity index is 882. The van der Waals surface area contributed by atoms with Crippen LogP contribution in [0.25, 0.3) is 0 Å². The Hall–Kier alpha value is -2.30. The highest BCUT2D eigenvalue weighted by atomic mass is 127. The molecule has 170 valence electrons. The van der Waals surface area contributed by atoms with Gasteiger partial charge in [-0.15, -0.1) is 24.0 Å². The van der Waals surface area contributed by atoms with Crippen molar-refractivity contribution in [1.82, 2.24) is 20.0 Å². The average molecular weight is 540 g/mol. The van der Waals surface area contributed by atoms with Crippen LogP contribution < -0.4 is 15.0 Å². The number of carbonyl (C=O) groups excluding carboxylic acids is 1. The zero-order chi connectivity index (χ0) is 21.5. The summed E-state index contributed by atoms with van der Waals surface area (Å²) in [6.45, 7) is 7.25. The van der Waals surface area contributed by atoms with E-state index in [0.29, 0.717) is 38.1 Å². The van der Waals surface area contributed by atoms with Gasteiger partial charge in [0.25, 0.3) is 0 Å². The van der Waals surface area contributed by atoms with Gasteiger partial charge >= 0.3 is 0 Å². The van der Waals surface area contributed by atoms with Crippen LogP contribution in [0.1, 0.15) is 25.8 Å². The lowest BCUT2D eigenvalue weighted by molar-refractivity contribution is -0.120. The van der Waals surface area contributed by atoms with Crippen molar-refractivity contribution < 1.29 is 9.53 Å². The number of hydrogen-bond donors (Lipinski definition) is 1. The highest BCUT2D eigenvalue weighted by molar-refractivity contribution is 14.0. The van der Waals surface area contributed by atoms with Gasteiger partial charge in [0.1, 0.15) is 12.3 Å². The van der Waals surface area contributed by atoms with Crippen LogP contribution in [0.15, 0.2) is 41.7 Å². The lowest BCUT2D eigenvalue weighted by Gasteiger charge is -2.35. The van der Waals surface area contributed by atoms with Crippen molar-refractivity contribution in [3.05, 3.63) is 42.2 Å². The van der Waals surface area contributed by atoms with E-state index in [0.717, 1.165) is 23.4 Å². The van der Waals surface area contributed by atoms with Crippen LogP contribution in [0.5, 0.6) is 5.75 Å². The first-order valence-electron chi connectivity index (χ1n) is 10.4. The third kappa shape index (κ3) is 6.84. The van der Waals surface area contributed by atoms with Gasteiger partial charge in [-0.2, -0.15) is 5.10 Å². The van der Waals surface area contributed by atoms with Crippen molar-refractivity contribution in [3.8, 4) is 5.75 Å². The number of nitrogens with zero attached hydrogens (tertiary/aromatic N) is 5. The smallest absolute Gasteiger partial charge is 0.246 e. The number of hydrogen-bond acceptors (Lipinski definition) is 4. The van der Waals surface area contributed by atoms with Crippen LogP contribution in [-0.2, 0) is 18.4 Å². The molecule has 3 rings (SSSR count). The van der Waals surface area contributed by atoms with Gasteiger partial charge in [0.05, 0.1) is 18.5 Å². The Morgan fingerprint density at radius 3 is 2.71 bits per heavy atom. The minimum Gasteiger partial charge on any atom is -0.493 e. The summed E-state index contributed by atoms with van der Waals surface area (Å²) in [5.74, 6) is 2.25. The maximum atomic E-state index is 12.7. The van der Waals surface area contributed by atoms with Gasteiger partial charge in [0.15, 0.2) is 5.96 Å². The Balaban J connectivity index is 0.00000341. The molecule has 1 amide bonds. The summed E-state index contributed by atoms with van der Waals surface area (Å²) in [6.07, 6.45) is 4.60. The van der Waals surface area contributed by atoms with Crippen molar-refractivity contribution in [1.29, 1.82) is 0 Å². The summed E-state index contributed by atoms with van der Waals surface area (Å²) >= 11 is 0. The molecular weight excluding hydrogens is 507 g/mol. The second-order valence-corrected chi connectivity index (χ2v) is 7.88. The van der Waals surface area contributed by atoms with Crippen LogP contribution in [-0.4, -0.2) is 59.8 Å². The number of aryl methyl sites for hydroxylation is 1. The number of anilines is 1. The SMILES string of the molecule is CN=C(NCc1ccccc1OCCC(C)C)N1CCN(c2cnn(C)c2)C(=O)C1.I. The molecule has 1 N–H and O–H groups in total. The number of benzene rings is 1. The molecule has 1 saturated heterocycles. The molecule has 31 heavy (non-hydrogen) atoms. The molecule has 0 bridgehead atoms.